The van der Waals surface area contributed by atoms with E-state index in [1.807, 2.05) is 31.4 Å². The molecule has 0 bridgehead atoms. The third-order valence-electron chi connectivity index (χ3n) is 3.56. The van der Waals surface area contributed by atoms with Crippen molar-refractivity contribution in [1.82, 2.24) is 14.8 Å². The number of benzene rings is 1. The molecule has 0 radical (unpaired) electrons. The molecule has 2 aromatic heterocycles. The van der Waals surface area contributed by atoms with E-state index in [9.17, 15) is 4.79 Å². The van der Waals surface area contributed by atoms with Crippen LogP contribution in [0.4, 0.5) is 0 Å². The predicted octanol–water partition coefficient (Wildman–Crippen LogP) is 2.82. The Kier molecular flexibility index (Phi) is 3.97. The summed E-state index contributed by atoms with van der Waals surface area (Å²) < 4.78 is 12.2. The van der Waals surface area contributed by atoms with Crippen LogP contribution in [0, 0.1) is 0 Å². The number of fused-ring (bicyclic) bond motifs is 1. The van der Waals surface area contributed by atoms with E-state index in [0.717, 1.165) is 22.0 Å². The van der Waals surface area contributed by atoms with Gasteiger partial charge in [0.25, 0.3) is 0 Å². The number of methoxy groups -OCH3 is 1. The van der Waals surface area contributed by atoms with Gasteiger partial charge in [-0.1, -0.05) is 0 Å². The Morgan fingerprint density at radius 2 is 2.13 bits per heavy atom. The molecule has 0 saturated carbocycles. The molecule has 0 spiro atoms. The Hall–Kier alpha value is -2.89. The van der Waals surface area contributed by atoms with Gasteiger partial charge in [-0.3, -0.25) is 9.67 Å². The summed E-state index contributed by atoms with van der Waals surface area (Å²) in [6.45, 7) is 2.08. The van der Waals surface area contributed by atoms with Crippen molar-refractivity contribution in [2.75, 3.05) is 13.7 Å². The van der Waals surface area contributed by atoms with Gasteiger partial charge in [0.15, 0.2) is 0 Å². The van der Waals surface area contributed by atoms with Gasteiger partial charge in [0.1, 0.15) is 5.75 Å². The third kappa shape index (κ3) is 2.75. The number of aromatic nitrogens is 3. The standard InChI is InChI=1S/C17H17N3O3/c1-4-23-17(21)14-9-18-15-6-5-12(22-3)7-13(15)16(14)11-8-19-20(2)10-11/h5-10H,4H2,1-3H3. The van der Waals surface area contributed by atoms with Crippen molar-refractivity contribution in [3.63, 3.8) is 0 Å². The minimum atomic E-state index is -0.399. The minimum absolute atomic E-state index is 0.307. The van der Waals surface area contributed by atoms with Gasteiger partial charge >= 0.3 is 5.97 Å². The van der Waals surface area contributed by atoms with E-state index in [4.69, 9.17) is 9.47 Å². The average molecular weight is 311 g/mol. The van der Waals surface area contributed by atoms with Crippen LogP contribution in [0.5, 0.6) is 5.75 Å². The average Bonchev–Trinajstić information content (AvgIpc) is 2.99. The second kappa shape index (κ2) is 6.08. The van der Waals surface area contributed by atoms with Crippen LogP contribution < -0.4 is 4.74 Å². The fourth-order valence-corrected chi connectivity index (χ4v) is 2.52. The highest BCUT2D eigenvalue weighted by atomic mass is 16.5. The van der Waals surface area contributed by atoms with E-state index in [1.54, 1.807) is 31.1 Å². The number of hydrogen-bond donors (Lipinski definition) is 0. The maximum Gasteiger partial charge on any atom is 0.340 e. The number of ether oxygens (including phenoxy) is 2. The summed E-state index contributed by atoms with van der Waals surface area (Å²) in [5.41, 5.74) is 2.77. The van der Waals surface area contributed by atoms with E-state index in [-0.39, 0.29) is 0 Å². The second-order valence-corrected chi connectivity index (χ2v) is 5.05. The monoisotopic (exact) mass is 311 g/mol. The molecule has 0 atom stereocenters. The molecule has 0 amide bonds. The van der Waals surface area contributed by atoms with Gasteiger partial charge in [0, 0.05) is 36.0 Å². The lowest BCUT2D eigenvalue weighted by atomic mass is 9.98. The molecule has 0 aliphatic heterocycles. The summed E-state index contributed by atoms with van der Waals surface area (Å²) >= 11 is 0. The SMILES string of the molecule is CCOC(=O)c1cnc2ccc(OC)cc2c1-c1cnn(C)c1. The first-order valence-corrected chi connectivity index (χ1v) is 7.27. The highest BCUT2D eigenvalue weighted by Crippen LogP contribution is 2.33. The fourth-order valence-electron chi connectivity index (χ4n) is 2.52. The van der Waals surface area contributed by atoms with Crippen LogP contribution in [-0.2, 0) is 11.8 Å². The number of carbonyl (C=O) groups excluding carboxylic acids is 1. The second-order valence-electron chi connectivity index (χ2n) is 5.05. The molecule has 0 unspecified atom stereocenters. The van der Waals surface area contributed by atoms with Crippen molar-refractivity contribution < 1.29 is 14.3 Å². The van der Waals surface area contributed by atoms with E-state index in [2.05, 4.69) is 10.1 Å². The summed E-state index contributed by atoms with van der Waals surface area (Å²) in [7, 11) is 3.44. The molecular weight excluding hydrogens is 294 g/mol. The van der Waals surface area contributed by atoms with Crippen LogP contribution in [0.25, 0.3) is 22.0 Å². The minimum Gasteiger partial charge on any atom is -0.497 e. The number of carbonyl (C=O) groups is 1. The number of aryl methyl sites for hydroxylation is 1. The topological polar surface area (TPSA) is 66.2 Å². The first-order valence-electron chi connectivity index (χ1n) is 7.27. The Labute approximate surface area is 133 Å². The number of rotatable bonds is 4. The van der Waals surface area contributed by atoms with Crippen LogP contribution in [0.3, 0.4) is 0 Å². The first-order chi connectivity index (χ1) is 11.1. The quantitative estimate of drug-likeness (QED) is 0.693. The number of hydrogen-bond acceptors (Lipinski definition) is 5. The van der Waals surface area contributed by atoms with Gasteiger partial charge in [0.05, 0.1) is 31.0 Å². The summed E-state index contributed by atoms with van der Waals surface area (Å²) in [4.78, 5) is 16.7. The smallest absolute Gasteiger partial charge is 0.340 e. The van der Waals surface area contributed by atoms with Gasteiger partial charge in [0.2, 0.25) is 0 Å². The predicted molar refractivity (Wildman–Crippen MR) is 86.5 cm³/mol. The van der Waals surface area contributed by atoms with Crippen molar-refractivity contribution in [2.24, 2.45) is 7.05 Å². The van der Waals surface area contributed by atoms with Gasteiger partial charge < -0.3 is 9.47 Å². The zero-order valence-corrected chi connectivity index (χ0v) is 13.2. The van der Waals surface area contributed by atoms with E-state index < -0.39 is 5.97 Å². The molecule has 0 fully saturated rings. The van der Waals surface area contributed by atoms with Gasteiger partial charge in [-0.05, 0) is 25.1 Å². The highest BCUT2D eigenvalue weighted by Gasteiger charge is 2.19. The molecule has 23 heavy (non-hydrogen) atoms. The fraction of sp³-hybridized carbons (Fsp3) is 0.235. The summed E-state index contributed by atoms with van der Waals surface area (Å²) in [5, 5.41) is 5.02. The molecule has 1 aromatic carbocycles. The van der Waals surface area contributed by atoms with E-state index in [1.165, 1.54) is 0 Å². The molecule has 0 aliphatic rings. The molecule has 6 heteroatoms. The molecular formula is C17H17N3O3. The molecule has 3 rings (SSSR count). The van der Waals surface area contributed by atoms with Crippen molar-refractivity contribution in [3.05, 3.63) is 42.4 Å². The molecule has 6 nitrogen and oxygen atoms in total. The van der Waals surface area contributed by atoms with Crippen LogP contribution in [0.2, 0.25) is 0 Å². The van der Waals surface area contributed by atoms with Crippen molar-refractivity contribution in [2.45, 2.75) is 6.92 Å². The largest absolute Gasteiger partial charge is 0.497 e. The summed E-state index contributed by atoms with van der Waals surface area (Å²) in [5.74, 6) is 0.300. The van der Waals surface area contributed by atoms with Crippen LogP contribution >= 0.6 is 0 Å². The molecule has 3 aromatic rings. The molecule has 0 aliphatic carbocycles. The van der Waals surface area contributed by atoms with Gasteiger partial charge in [-0.15, -0.1) is 0 Å². The van der Waals surface area contributed by atoms with Gasteiger partial charge in [-0.2, -0.15) is 5.10 Å². The van der Waals surface area contributed by atoms with Crippen molar-refractivity contribution in [1.29, 1.82) is 0 Å². The molecule has 0 saturated heterocycles. The molecule has 2 heterocycles. The maximum atomic E-state index is 12.3. The summed E-state index contributed by atoms with van der Waals surface area (Å²) in [6.07, 6.45) is 5.13. The number of esters is 1. The zero-order chi connectivity index (χ0) is 16.4. The number of nitrogens with zero attached hydrogens (tertiary/aromatic N) is 3. The Morgan fingerprint density at radius 3 is 2.78 bits per heavy atom. The van der Waals surface area contributed by atoms with Crippen LogP contribution in [0.15, 0.2) is 36.8 Å². The highest BCUT2D eigenvalue weighted by molar-refractivity contribution is 6.06. The Bertz CT molecular complexity index is 871. The van der Waals surface area contributed by atoms with Crippen molar-refractivity contribution in [3.8, 4) is 16.9 Å². The Balaban J connectivity index is 2.32. The van der Waals surface area contributed by atoms with Crippen molar-refractivity contribution >= 4 is 16.9 Å². The van der Waals surface area contributed by atoms with E-state index >= 15 is 0 Å². The van der Waals surface area contributed by atoms with Crippen LogP contribution in [0.1, 0.15) is 17.3 Å². The maximum absolute atomic E-state index is 12.3. The lowest BCUT2D eigenvalue weighted by Gasteiger charge is -2.11. The molecule has 0 N–H and O–H groups in total. The van der Waals surface area contributed by atoms with E-state index in [0.29, 0.717) is 17.9 Å². The first kappa shape index (κ1) is 15.0. The van der Waals surface area contributed by atoms with Crippen LogP contribution in [-0.4, -0.2) is 34.5 Å². The summed E-state index contributed by atoms with van der Waals surface area (Å²) in [6, 6.07) is 5.57. The van der Waals surface area contributed by atoms with Gasteiger partial charge in [-0.25, -0.2) is 4.79 Å². The third-order valence-corrected chi connectivity index (χ3v) is 3.56. The number of pyridine rings is 1. The zero-order valence-electron chi connectivity index (χ0n) is 13.2. The Morgan fingerprint density at radius 1 is 1.30 bits per heavy atom. The lowest BCUT2D eigenvalue weighted by molar-refractivity contribution is 0.0527. The normalized spacial score (nSPS) is 10.7. The lowest BCUT2D eigenvalue weighted by Crippen LogP contribution is -2.07. The molecule has 118 valence electrons.